The summed E-state index contributed by atoms with van der Waals surface area (Å²) in [6, 6.07) is 6.91. The molecule has 0 bridgehead atoms. The molecular weight excluding hydrogens is 238 g/mol. The molecule has 1 aromatic carbocycles. The number of nitrogens with two attached hydrogens (primary N) is 1. The van der Waals surface area contributed by atoms with Crippen LogP contribution in [0.3, 0.4) is 0 Å². The molecule has 1 unspecified atom stereocenters. The lowest BCUT2D eigenvalue weighted by atomic mass is 10.1. The molecule has 17 heavy (non-hydrogen) atoms. The Hall–Kier alpha value is -1.22. The van der Waals surface area contributed by atoms with Crippen molar-refractivity contribution >= 4 is 17.5 Å². The number of unbranched alkanes of at least 4 members (excludes halogenated alkanes) is 2. The number of carbonyl (C=O) groups excluding carboxylic acids is 1. The van der Waals surface area contributed by atoms with E-state index in [0.29, 0.717) is 17.2 Å². The minimum absolute atomic E-state index is 0.420. The first-order valence-corrected chi connectivity index (χ1v) is 6.22. The van der Waals surface area contributed by atoms with Gasteiger partial charge in [0.15, 0.2) is 6.10 Å². The van der Waals surface area contributed by atoms with Crippen molar-refractivity contribution in [3.63, 3.8) is 0 Å². The number of ether oxygens (including phenoxy) is 1. The fourth-order valence-electron chi connectivity index (χ4n) is 1.52. The Morgan fingerprint density at radius 1 is 1.35 bits per heavy atom. The predicted molar refractivity (Wildman–Crippen MR) is 69.2 cm³/mol. The SMILES string of the molecule is CCCCCC(Oc1ccc(Cl)cc1)C(N)=O. The summed E-state index contributed by atoms with van der Waals surface area (Å²) < 4.78 is 5.54. The summed E-state index contributed by atoms with van der Waals surface area (Å²) in [5, 5.41) is 0.638. The number of amides is 1. The zero-order chi connectivity index (χ0) is 12.7. The maximum Gasteiger partial charge on any atom is 0.258 e. The topological polar surface area (TPSA) is 52.3 Å². The van der Waals surface area contributed by atoms with Crippen LogP contribution in [0.1, 0.15) is 32.6 Å². The van der Waals surface area contributed by atoms with Crippen molar-refractivity contribution in [2.24, 2.45) is 5.73 Å². The van der Waals surface area contributed by atoms with Crippen LogP contribution in [0, 0.1) is 0 Å². The van der Waals surface area contributed by atoms with E-state index in [0.717, 1.165) is 19.3 Å². The number of benzene rings is 1. The van der Waals surface area contributed by atoms with E-state index in [2.05, 4.69) is 6.92 Å². The van der Waals surface area contributed by atoms with Gasteiger partial charge >= 0.3 is 0 Å². The van der Waals surface area contributed by atoms with E-state index in [4.69, 9.17) is 22.1 Å². The fourth-order valence-corrected chi connectivity index (χ4v) is 1.64. The third-order valence-corrected chi connectivity index (χ3v) is 2.73. The van der Waals surface area contributed by atoms with Crippen molar-refractivity contribution in [2.45, 2.75) is 38.7 Å². The lowest BCUT2D eigenvalue weighted by molar-refractivity contribution is -0.125. The Morgan fingerprint density at radius 3 is 2.53 bits per heavy atom. The van der Waals surface area contributed by atoms with E-state index in [1.807, 2.05) is 0 Å². The first-order chi connectivity index (χ1) is 8.13. The van der Waals surface area contributed by atoms with Gasteiger partial charge in [0.2, 0.25) is 0 Å². The molecule has 0 saturated heterocycles. The minimum atomic E-state index is -0.553. The Bertz CT molecular complexity index is 351. The molecule has 0 aliphatic rings. The zero-order valence-electron chi connectivity index (χ0n) is 9.99. The van der Waals surface area contributed by atoms with Gasteiger partial charge < -0.3 is 10.5 Å². The van der Waals surface area contributed by atoms with Gasteiger partial charge in [-0.1, -0.05) is 31.4 Å². The van der Waals surface area contributed by atoms with E-state index in [1.165, 1.54) is 0 Å². The van der Waals surface area contributed by atoms with Gasteiger partial charge in [-0.3, -0.25) is 4.79 Å². The molecule has 1 aromatic rings. The monoisotopic (exact) mass is 255 g/mol. The second-order valence-corrected chi connectivity index (χ2v) is 4.39. The molecule has 0 fully saturated rings. The predicted octanol–water partition coefficient (Wildman–Crippen LogP) is 3.15. The van der Waals surface area contributed by atoms with Gasteiger partial charge in [0.05, 0.1) is 0 Å². The molecule has 0 spiro atoms. The number of halogens is 1. The maximum atomic E-state index is 11.2. The summed E-state index contributed by atoms with van der Waals surface area (Å²) in [5.41, 5.74) is 5.31. The van der Waals surface area contributed by atoms with E-state index in [9.17, 15) is 4.79 Å². The van der Waals surface area contributed by atoms with Gasteiger partial charge in [-0.05, 0) is 37.1 Å². The first kappa shape index (κ1) is 13.8. The molecule has 0 radical (unpaired) electrons. The van der Waals surface area contributed by atoms with E-state index < -0.39 is 12.0 Å². The quantitative estimate of drug-likeness (QED) is 0.761. The molecule has 2 N–H and O–H groups in total. The molecule has 0 heterocycles. The van der Waals surface area contributed by atoms with Crippen LogP contribution in [-0.4, -0.2) is 12.0 Å². The third-order valence-electron chi connectivity index (χ3n) is 2.48. The average molecular weight is 256 g/mol. The van der Waals surface area contributed by atoms with Crippen molar-refractivity contribution in [2.75, 3.05) is 0 Å². The van der Waals surface area contributed by atoms with Crippen LogP contribution in [-0.2, 0) is 4.79 Å². The molecule has 94 valence electrons. The average Bonchev–Trinajstić information content (AvgIpc) is 2.30. The molecule has 3 nitrogen and oxygen atoms in total. The van der Waals surface area contributed by atoms with E-state index in [1.54, 1.807) is 24.3 Å². The highest BCUT2D eigenvalue weighted by atomic mass is 35.5. The molecule has 0 aliphatic heterocycles. The van der Waals surface area contributed by atoms with Crippen LogP contribution in [0.2, 0.25) is 5.02 Å². The Balaban J connectivity index is 2.54. The number of carbonyl (C=O) groups is 1. The molecular formula is C13H18ClNO2. The van der Waals surface area contributed by atoms with E-state index in [-0.39, 0.29) is 0 Å². The van der Waals surface area contributed by atoms with Crippen molar-refractivity contribution < 1.29 is 9.53 Å². The van der Waals surface area contributed by atoms with Crippen LogP contribution >= 0.6 is 11.6 Å². The van der Waals surface area contributed by atoms with Crippen molar-refractivity contribution in [3.05, 3.63) is 29.3 Å². The van der Waals surface area contributed by atoms with Crippen molar-refractivity contribution in [3.8, 4) is 5.75 Å². The molecule has 0 aromatic heterocycles. The van der Waals surface area contributed by atoms with Crippen molar-refractivity contribution in [1.82, 2.24) is 0 Å². The summed E-state index contributed by atoms with van der Waals surface area (Å²) in [6.45, 7) is 2.11. The van der Waals surface area contributed by atoms with Gasteiger partial charge in [0, 0.05) is 5.02 Å². The first-order valence-electron chi connectivity index (χ1n) is 5.85. The van der Waals surface area contributed by atoms with Crippen LogP contribution in [0.25, 0.3) is 0 Å². The number of primary amides is 1. The zero-order valence-corrected chi connectivity index (χ0v) is 10.7. The second kappa shape index (κ2) is 7.17. The number of hydrogen-bond donors (Lipinski definition) is 1. The highest BCUT2D eigenvalue weighted by Gasteiger charge is 2.16. The summed E-state index contributed by atoms with van der Waals surface area (Å²) in [7, 11) is 0. The van der Waals surface area contributed by atoms with E-state index >= 15 is 0 Å². The molecule has 1 rings (SSSR count). The van der Waals surface area contributed by atoms with Crippen molar-refractivity contribution in [1.29, 1.82) is 0 Å². The second-order valence-electron chi connectivity index (χ2n) is 3.96. The van der Waals surface area contributed by atoms with Gasteiger partial charge in [-0.25, -0.2) is 0 Å². The largest absolute Gasteiger partial charge is 0.481 e. The Labute approximate surface area is 107 Å². The smallest absolute Gasteiger partial charge is 0.258 e. The Kier molecular flexibility index (Phi) is 5.84. The normalized spacial score (nSPS) is 12.1. The molecule has 0 saturated carbocycles. The third kappa shape index (κ3) is 5.09. The summed E-state index contributed by atoms with van der Waals surface area (Å²) in [6.07, 6.45) is 3.23. The van der Waals surface area contributed by atoms with Gasteiger partial charge in [0.25, 0.3) is 5.91 Å². The standard InChI is InChI=1S/C13H18ClNO2/c1-2-3-4-5-12(13(15)16)17-11-8-6-10(14)7-9-11/h6-9,12H,2-5H2,1H3,(H2,15,16). The number of hydrogen-bond acceptors (Lipinski definition) is 2. The summed E-state index contributed by atoms with van der Waals surface area (Å²) >= 11 is 5.77. The molecule has 0 aliphatic carbocycles. The van der Waals surface area contributed by atoms with Gasteiger partial charge in [-0.2, -0.15) is 0 Å². The maximum absolute atomic E-state index is 11.2. The lowest BCUT2D eigenvalue weighted by Gasteiger charge is -2.15. The minimum Gasteiger partial charge on any atom is -0.481 e. The molecule has 1 amide bonds. The molecule has 4 heteroatoms. The van der Waals surface area contributed by atoms with Crippen LogP contribution < -0.4 is 10.5 Å². The number of rotatable bonds is 7. The van der Waals surface area contributed by atoms with Crippen LogP contribution in [0.5, 0.6) is 5.75 Å². The fraction of sp³-hybridized carbons (Fsp3) is 0.462. The summed E-state index contributed by atoms with van der Waals surface area (Å²) in [4.78, 5) is 11.2. The highest BCUT2D eigenvalue weighted by molar-refractivity contribution is 6.30. The van der Waals surface area contributed by atoms with Gasteiger partial charge in [0.1, 0.15) is 5.75 Å². The van der Waals surface area contributed by atoms with Crippen LogP contribution in [0.4, 0.5) is 0 Å². The summed E-state index contributed by atoms with van der Waals surface area (Å²) in [5.74, 6) is 0.200. The van der Waals surface area contributed by atoms with Crippen LogP contribution in [0.15, 0.2) is 24.3 Å². The Morgan fingerprint density at radius 2 is 2.00 bits per heavy atom. The highest BCUT2D eigenvalue weighted by Crippen LogP contribution is 2.18. The lowest BCUT2D eigenvalue weighted by Crippen LogP contribution is -2.33. The molecule has 1 atom stereocenters. The van der Waals surface area contributed by atoms with Gasteiger partial charge in [-0.15, -0.1) is 0 Å².